The summed E-state index contributed by atoms with van der Waals surface area (Å²) in [5.41, 5.74) is 1.72. The maximum Gasteiger partial charge on any atom is 0.319 e. The molecule has 25 heavy (non-hydrogen) atoms. The molecule has 0 aromatic heterocycles. The predicted molar refractivity (Wildman–Crippen MR) is 93.8 cm³/mol. The smallest absolute Gasteiger partial charge is 0.319 e. The number of amides is 2. The highest BCUT2D eigenvalue weighted by Gasteiger charge is 2.15. The third-order valence-corrected chi connectivity index (χ3v) is 4.25. The van der Waals surface area contributed by atoms with Crippen LogP contribution in [0, 0.1) is 0 Å². The van der Waals surface area contributed by atoms with Gasteiger partial charge in [0.1, 0.15) is 0 Å². The molecule has 0 spiro atoms. The van der Waals surface area contributed by atoms with Gasteiger partial charge in [-0.15, -0.1) is 0 Å². The Morgan fingerprint density at radius 3 is 2.72 bits per heavy atom. The van der Waals surface area contributed by atoms with E-state index in [1.807, 2.05) is 24.3 Å². The second kappa shape index (κ2) is 9.68. The van der Waals surface area contributed by atoms with Crippen molar-refractivity contribution in [2.75, 3.05) is 50.5 Å². The van der Waals surface area contributed by atoms with Gasteiger partial charge in [-0.25, -0.2) is 18.4 Å². The van der Waals surface area contributed by atoms with E-state index in [-0.39, 0.29) is 37.6 Å². The van der Waals surface area contributed by atoms with Crippen LogP contribution < -0.4 is 21.1 Å². The maximum absolute atomic E-state index is 11.8. The molecule has 2 amide bonds. The van der Waals surface area contributed by atoms with Crippen molar-refractivity contribution in [3.05, 3.63) is 29.8 Å². The Morgan fingerprint density at radius 2 is 2.08 bits per heavy atom. The minimum absolute atomic E-state index is 0.00168. The van der Waals surface area contributed by atoms with E-state index in [0.717, 1.165) is 18.7 Å². The summed E-state index contributed by atoms with van der Waals surface area (Å²) in [5.74, 6) is -0.244. The molecular formula is C15H24N4O5S. The molecule has 0 saturated carbocycles. The van der Waals surface area contributed by atoms with Gasteiger partial charge in [0.25, 0.3) is 0 Å². The number of primary sulfonamides is 1. The molecular weight excluding hydrogens is 348 g/mol. The SMILES string of the molecule is NS(=O)(=O)CCOCCNC(=O)Nc1ccc(C2CNCCO2)cc1. The first-order valence-electron chi connectivity index (χ1n) is 7.99. The lowest BCUT2D eigenvalue weighted by Gasteiger charge is -2.24. The second-order valence-corrected chi connectivity index (χ2v) is 7.28. The van der Waals surface area contributed by atoms with Crippen molar-refractivity contribution in [1.29, 1.82) is 0 Å². The molecule has 1 aliphatic rings. The molecule has 1 unspecified atom stereocenters. The van der Waals surface area contributed by atoms with Gasteiger partial charge in [-0.05, 0) is 17.7 Å². The van der Waals surface area contributed by atoms with Gasteiger partial charge in [-0.3, -0.25) is 0 Å². The lowest BCUT2D eigenvalue weighted by atomic mass is 10.1. The van der Waals surface area contributed by atoms with Gasteiger partial charge in [-0.1, -0.05) is 12.1 Å². The van der Waals surface area contributed by atoms with Crippen LogP contribution in [0.2, 0.25) is 0 Å². The van der Waals surface area contributed by atoms with E-state index in [1.165, 1.54) is 0 Å². The Bertz CT molecular complexity index is 644. The summed E-state index contributed by atoms with van der Waals surface area (Å²) in [6.45, 7) is 2.79. The molecule has 1 atom stereocenters. The number of hydrogen-bond donors (Lipinski definition) is 4. The van der Waals surface area contributed by atoms with Crippen LogP contribution in [0.15, 0.2) is 24.3 Å². The summed E-state index contributed by atoms with van der Waals surface area (Å²) in [6, 6.07) is 7.11. The van der Waals surface area contributed by atoms with E-state index in [1.54, 1.807) is 0 Å². The van der Waals surface area contributed by atoms with Crippen LogP contribution in [-0.4, -0.2) is 59.7 Å². The summed E-state index contributed by atoms with van der Waals surface area (Å²) >= 11 is 0. The molecule has 1 fully saturated rings. The van der Waals surface area contributed by atoms with Crippen molar-refractivity contribution in [3.63, 3.8) is 0 Å². The average molecular weight is 372 g/mol. The minimum atomic E-state index is -3.52. The molecule has 0 aliphatic carbocycles. The van der Waals surface area contributed by atoms with Crippen molar-refractivity contribution >= 4 is 21.7 Å². The van der Waals surface area contributed by atoms with Gasteiger partial charge in [0.15, 0.2) is 0 Å². The largest absolute Gasteiger partial charge is 0.379 e. The highest BCUT2D eigenvalue weighted by molar-refractivity contribution is 7.89. The van der Waals surface area contributed by atoms with Gasteiger partial charge < -0.3 is 25.4 Å². The quantitative estimate of drug-likeness (QED) is 0.466. The highest BCUT2D eigenvalue weighted by Crippen LogP contribution is 2.20. The Kier molecular flexibility index (Phi) is 7.59. The number of carbonyl (C=O) groups is 1. The molecule has 1 aromatic rings. The van der Waals surface area contributed by atoms with Crippen molar-refractivity contribution < 1.29 is 22.7 Å². The molecule has 9 nitrogen and oxygen atoms in total. The number of sulfonamides is 1. The molecule has 0 radical (unpaired) electrons. The van der Waals surface area contributed by atoms with Crippen LogP contribution in [0.1, 0.15) is 11.7 Å². The zero-order chi connectivity index (χ0) is 18.1. The van der Waals surface area contributed by atoms with Crippen molar-refractivity contribution in [2.24, 2.45) is 5.14 Å². The van der Waals surface area contributed by atoms with Gasteiger partial charge in [0, 0.05) is 25.3 Å². The highest BCUT2D eigenvalue weighted by atomic mass is 32.2. The average Bonchev–Trinajstić information content (AvgIpc) is 2.58. The number of rotatable bonds is 8. The number of nitrogens with two attached hydrogens (primary N) is 1. The molecule has 1 aliphatic heterocycles. The van der Waals surface area contributed by atoms with Crippen molar-refractivity contribution in [1.82, 2.24) is 10.6 Å². The second-order valence-electron chi connectivity index (χ2n) is 5.55. The molecule has 1 aromatic carbocycles. The zero-order valence-electron chi connectivity index (χ0n) is 13.9. The summed E-state index contributed by atoms with van der Waals surface area (Å²) in [5, 5.41) is 13.4. The molecule has 1 heterocycles. The minimum Gasteiger partial charge on any atom is -0.379 e. The molecule has 0 bridgehead atoms. The lowest BCUT2D eigenvalue weighted by Crippen LogP contribution is -2.33. The number of hydrogen-bond acceptors (Lipinski definition) is 6. The number of benzene rings is 1. The first kappa shape index (κ1) is 19.6. The summed E-state index contributed by atoms with van der Waals surface area (Å²) in [6.07, 6.45) is 0.0334. The van der Waals surface area contributed by atoms with Crippen LogP contribution in [0.25, 0.3) is 0 Å². The normalized spacial score (nSPS) is 17.9. The van der Waals surface area contributed by atoms with E-state index in [2.05, 4.69) is 16.0 Å². The van der Waals surface area contributed by atoms with Gasteiger partial charge in [-0.2, -0.15) is 0 Å². The molecule has 5 N–H and O–H groups in total. The molecule has 10 heteroatoms. The third-order valence-electron chi connectivity index (χ3n) is 3.51. The summed E-state index contributed by atoms with van der Waals surface area (Å²) in [4.78, 5) is 11.8. The number of anilines is 1. The van der Waals surface area contributed by atoms with Crippen molar-refractivity contribution in [2.45, 2.75) is 6.10 Å². The van der Waals surface area contributed by atoms with Gasteiger partial charge in [0.05, 0.1) is 31.7 Å². The van der Waals surface area contributed by atoms with Crippen LogP contribution >= 0.6 is 0 Å². The number of morpholine rings is 1. The molecule has 1 saturated heterocycles. The Hall–Kier alpha value is -1.72. The third kappa shape index (κ3) is 7.80. The van der Waals surface area contributed by atoms with E-state index in [9.17, 15) is 13.2 Å². The summed E-state index contributed by atoms with van der Waals surface area (Å²) < 4.78 is 32.2. The Balaban J connectivity index is 1.64. The monoisotopic (exact) mass is 372 g/mol. The van der Waals surface area contributed by atoms with Gasteiger partial charge >= 0.3 is 6.03 Å². The predicted octanol–water partition coefficient (Wildman–Crippen LogP) is -0.226. The standard InChI is InChI=1S/C15H24N4O5S/c16-25(21,22)10-9-23-7-6-18-15(20)19-13-3-1-12(2-4-13)14-11-17-5-8-24-14/h1-4,14,17H,5-11H2,(H2,16,21,22)(H2,18,19,20). The molecule has 140 valence electrons. The van der Waals surface area contributed by atoms with Crippen LogP contribution in [0.3, 0.4) is 0 Å². The number of carbonyl (C=O) groups excluding carboxylic acids is 1. The number of urea groups is 1. The zero-order valence-corrected chi connectivity index (χ0v) is 14.7. The Morgan fingerprint density at radius 1 is 1.32 bits per heavy atom. The van der Waals surface area contributed by atoms with Crippen LogP contribution in [0.4, 0.5) is 10.5 Å². The topological polar surface area (TPSA) is 132 Å². The van der Waals surface area contributed by atoms with Gasteiger partial charge in [0.2, 0.25) is 10.0 Å². The van der Waals surface area contributed by atoms with E-state index in [4.69, 9.17) is 14.6 Å². The van der Waals surface area contributed by atoms with Crippen molar-refractivity contribution in [3.8, 4) is 0 Å². The fourth-order valence-corrected chi connectivity index (χ4v) is 2.60. The lowest BCUT2D eigenvalue weighted by molar-refractivity contribution is 0.0277. The van der Waals surface area contributed by atoms with Crippen LogP contribution in [-0.2, 0) is 19.5 Å². The fraction of sp³-hybridized carbons (Fsp3) is 0.533. The number of nitrogens with one attached hydrogen (secondary N) is 3. The molecule has 2 rings (SSSR count). The van der Waals surface area contributed by atoms with E-state index < -0.39 is 10.0 Å². The van der Waals surface area contributed by atoms with E-state index in [0.29, 0.717) is 12.3 Å². The van der Waals surface area contributed by atoms with Crippen LogP contribution in [0.5, 0.6) is 0 Å². The maximum atomic E-state index is 11.8. The fourth-order valence-electron chi connectivity index (χ4n) is 2.25. The Labute approximate surface area is 147 Å². The number of ether oxygens (including phenoxy) is 2. The summed E-state index contributed by atoms with van der Waals surface area (Å²) in [7, 11) is -3.52. The first-order valence-corrected chi connectivity index (χ1v) is 9.71. The first-order chi connectivity index (χ1) is 11.9. The van der Waals surface area contributed by atoms with E-state index >= 15 is 0 Å².